The summed E-state index contributed by atoms with van der Waals surface area (Å²) in [6.07, 6.45) is 1.56. The van der Waals surface area contributed by atoms with Crippen molar-refractivity contribution in [2.24, 2.45) is 5.92 Å². The standard InChI is InChI=1S/C17H25BrN3O5P/c1-4-12(5-2)15(16(22)19-11-27(24,25)26-6-3)21-17(23)20-14-9-7-13(18)8-10-14/h4,7-10,12,15H,1,5-6,11H2,2-3H3,(H,19,22)(H,24,25)(H2,20,21,23)/t12-,15-/m0/s1. The number of carbonyl (C=O) groups excluding carboxylic acids is 2. The molecule has 150 valence electrons. The highest BCUT2D eigenvalue weighted by molar-refractivity contribution is 9.10. The summed E-state index contributed by atoms with van der Waals surface area (Å²) in [5.41, 5.74) is 0.553. The predicted molar refractivity (Wildman–Crippen MR) is 109 cm³/mol. The maximum atomic E-state index is 12.5. The van der Waals surface area contributed by atoms with Crippen molar-refractivity contribution >= 4 is 41.2 Å². The summed E-state index contributed by atoms with van der Waals surface area (Å²) in [6, 6.07) is 5.41. The fourth-order valence-electron chi connectivity index (χ4n) is 2.28. The molecule has 8 nitrogen and oxygen atoms in total. The summed E-state index contributed by atoms with van der Waals surface area (Å²) in [4.78, 5) is 34.4. The zero-order valence-corrected chi connectivity index (χ0v) is 17.8. The van der Waals surface area contributed by atoms with Crippen LogP contribution in [-0.2, 0) is 13.9 Å². The third-order valence-corrected chi connectivity index (χ3v) is 5.41. The third-order valence-electron chi connectivity index (χ3n) is 3.66. The van der Waals surface area contributed by atoms with Gasteiger partial charge in [0.05, 0.1) is 6.61 Å². The van der Waals surface area contributed by atoms with Gasteiger partial charge in [0, 0.05) is 16.1 Å². The Morgan fingerprint density at radius 3 is 2.48 bits per heavy atom. The van der Waals surface area contributed by atoms with Crippen LogP contribution in [0.5, 0.6) is 0 Å². The number of anilines is 1. The van der Waals surface area contributed by atoms with E-state index >= 15 is 0 Å². The van der Waals surface area contributed by atoms with E-state index < -0.39 is 31.9 Å². The summed E-state index contributed by atoms with van der Waals surface area (Å²) in [7, 11) is -3.92. The minimum atomic E-state index is -3.92. The van der Waals surface area contributed by atoms with Crippen LogP contribution < -0.4 is 16.0 Å². The summed E-state index contributed by atoms with van der Waals surface area (Å²) in [5, 5.41) is 7.59. The van der Waals surface area contributed by atoms with E-state index in [-0.39, 0.29) is 12.5 Å². The summed E-state index contributed by atoms with van der Waals surface area (Å²) < 4.78 is 17.3. The van der Waals surface area contributed by atoms with Crippen LogP contribution in [0.2, 0.25) is 0 Å². The lowest BCUT2D eigenvalue weighted by atomic mass is 9.96. The van der Waals surface area contributed by atoms with Crippen molar-refractivity contribution in [1.29, 1.82) is 0 Å². The second kappa shape index (κ2) is 11.2. The average molecular weight is 462 g/mol. The van der Waals surface area contributed by atoms with Gasteiger partial charge in [-0.05, 0) is 37.6 Å². The molecule has 0 fully saturated rings. The Labute approximate surface area is 167 Å². The summed E-state index contributed by atoms with van der Waals surface area (Å²) >= 11 is 3.31. The molecule has 0 aliphatic rings. The number of nitrogens with one attached hydrogen (secondary N) is 3. The lowest BCUT2D eigenvalue weighted by molar-refractivity contribution is -0.123. The van der Waals surface area contributed by atoms with Crippen molar-refractivity contribution in [1.82, 2.24) is 10.6 Å². The first-order valence-electron chi connectivity index (χ1n) is 8.42. The molecule has 0 aliphatic heterocycles. The Balaban J connectivity index is 2.79. The molecule has 1 unspecified atom stereocenters. The van der Waals surface area contributed by atoms with Crippen molar-refractivity contribution in [3.8, 4) is 0 Å². The molecule has 0 saturated carbocycles. The number of carbonyl (C=O) groups is 2. The summed E-state index contributed by atoms with van der Waals surface area (Å²) in [5.74, 6) is -0.951. The SMILES string of the molecule is C=C[C@@H](CC)[C@H](NC(=O)Nc1ccc(Br)cc1)C(=O)NCP(=O)(O)OCC. The van der Waals surface area contributed by atoms with Crippen LogP contribution in [0.3, 0.4) is 0 Å². The van der Waals surface area contributed by atoms with Gasteiger partial charge in [-0.25, -0.2) is 4.79 Å². The van der Waals surface area contributed by atoms with Crippen molar-refractivity contribution in [2.75, 3.05) is 18.2 Å². The molecule has 10 heteroatoms. The predicted octanol–water partition coefficient (Wildman–Crippen LogP) is 3.45. The maximum absolute atomic E-state index is 12.5. The third kappa shape index (κ3) is 8.26. The lowest BCUT2D eigenvalue weighted by Crippen LogP contribution is -2.51. The normalized spacial score (nSPS) is 15.1. The molecule has 0 heterocycles. The highest BCUT2D eigenvalue weighted by atomic mass is 79.9. The van der Waals surface area contributed by atoms with Gasteiger partial charge in [0.15, 0.2) is 0 Å². The quantitative estimate of drug-likeness (QED) is 0.314. The van der Waals surface area contributed by atoms with E-state index in [1.165, 1.54) is 0 Å². The molecule has 0 bridgehead atoms. The Morgan fingerprint density at radius 1 is 1.33 bits per heavy atom. The molecule has 3 amide bonds. The van der Waals surface area contributed by atoms with E-state index in [0.29, 0.717) is 12.1 Å². The Morgan fingerprint density at radius 2 is 1.96 bits per heavy atom. The Kier molecular flexibility index (Phi) is 9.73. The second-order valence-electron chi connectivity index (χ2n) is 5.65. The molecule has 1 aromatic carbocycles. The van der Waals surface area contributed by atoms with Crippen LogP contribution in [0, 0.1) is 5.92 Å². The lowest BCUT2D eigenvalue weighted by Gasteiger charge is -2.24. The first-order valence-corrected chi connectivity index (χ1v) is 11.0. The van der Waals surface area contributed by atoms with Crippen LogP contribution in [-0.4, -0.2) is 35.8 Å². The first kappa shape index (κ1) is 23.4. The number of halogens is 1. The molecule has 0 radical (unpaired) electrons. The molecular weight excluding hydrogens is 437 g/mol. The zero-order chi connectivity index (χ0) is 20.4. The van der Waals surface area contributed by atoms with Gasteiger partial charge < -0.3 is 25.4 Å². The van der Waals surface area contributed by atoms with Crippen molar-refractivity contribution in [3.05, 3.63) is 41.4 Å². The van der Waals surface area contributed by atoms with E-state index in [0.717, 1.165) is 4.47 Å². The maximum Gasteiger partial charge on any atom is 0.347 e. The molecule has 0 aliphatic carbocycles. The van der Waals surface area contributed by atoms with Gasteiger partial charge in [-0.15, -0.1) is 6.58 Å². The number of urea groups is 1. The fraction of sp³-hybridized carbons (Fsp3) is 0.412. The van der Waals surface area contributed by atoms with Crippen molar-refractivity contribution in [3.63, 3.8) is 0 Å². The van der Waals surface area contributed by atoms with E-state index in [1.54, 1.807) is 37.3 Å². The monoisotopic (exact) mass is 461 g/mol. The number of rotatable bonds is 10. The van der Waals surface area contributed by atoms with Crippen LogP contribution in [0.15, 0.2) is 41.4 Å². The van der Waals surface area contributed by atoms with Gasteiger partial charge in [0.25, 0.3) is 0 Å². The van der Waals surface area contributed by atoms with Gasteiger partial charge in [0.1, 0.15) is 12.3 Å². The highest BCUT2D eigenvalue weighted by Gasteiger charge is 2.29. The molecule has 1 aromatic rings. The topological polar surface area (TPSA) is 117 Å². The number of hydrogen-bond donors (Lipinski definition) is 4. The molecule has 0 spiro atoms. The minimum absolute atomic E-state index is 0.0468. The molecular formula is C17H25BrN3O5P. The molecule has 3 atom stereocenters. The van der Waals surface area contributed by atoms with Crippen molar-refractivity contribution in [2.45, 2.75) is 26.3 Å². The van der Waals surface area contributed by atoms with Crippen molar-refractivity contribution < 1.29 is 23.6 Å². The summed E-state index contributed by atoms with van der Waals surface area (Å²) in [6.45, 7) is 7.16. The van der Waals surface area contributed by atoms with Gasteiger partial charge in [-0.3, -0.25) is 9.36 Å². The first-order chi connectivity index (χ1) is 12.7. The highest BCUT2D eigenvalue weighted by Crippen LogP contribution is 2.39. The fourth-order valence-corrected chi connectivity index (χ4v) is 3.40. The molecule has 0 saturated heterocycles. The van der Waals surface area contributed by atoms with E-state index in [4.69, 9.17) is 4.52 Å². The molecule has 4 N–H and O–H groups in total. The Bertz CT molecular complexity index is 698. The number of hydrogen-bond acceptors (Lipinski definition) is 4. The smallest absolute Gasteiger partial charge is 0.343 e. The second-order valence-corrected chi connectivity index (χ2v) is 8.41. The number of benzene rings is 1. The Hall–Kier alpha value is -1.67. The van der Waals surface area contributed by atoms with Gasteiger partial charge in [0.2, 0.25) is 5.91 Å². The van der Waals surface area contributed by atoms with E-state index in [1.807, 2.05) is 6.92 Å². The van der Waals surface area contributed by atoms with E-state index in [9.17, 15) is 19.0 Å². The van der Waals surface area contributed by atoms with Gasteiger partial charge >= 0.3 is 13.6 Å². The van der Waals surface area contributed by atoms with E-state index in [2.05, 4.69) is 38.5 Å². The average Bonchev–Trinajstić information content (AvgIpc) is 2.62. The molecule has 0 aromatic heterocycles. The zero-order valence-electron chi connectivity index (χ0n) is 15.3. The van der Waals surface area contributed by atoms with Crippen LogP contribution in [0.25, 0.3) is 0 Å². The molecule has 1 rings (SSSR count). The number of amides is 3. The van der Waals surface area contributed by atoms with Crippen LogP contribution in [0.1, 0.15) is 20.3 Å². The molecule has 27 heavy (non-hydrogen) atoms. The largest absolute Gasteiger partial charge is 0.347 e. The van der Waals surface area contributed by atoms with Crippen LogP contribution >= 0.6 is 23.5 Å². The van der Waals surface area contributed by atoms with Gasteiger partial charge in [-0.1, -0.05) is 28.9 Å². The van der Waals surface area contributed by atoms with Gasteiger partial charge in [-0.2, -0.15) is 0 Å². The minimum Gasteiger partial charge on any atom is -0.343 e. The van der Waals surface area contributed by atoms with Crippen LogP contribution in [0.4, 0.5) is 10.5 Å².